The molecule has 0 saturated heterocycles. The lowest BCUT2D eigenvalue weighted by Gasteiger charge is -2.33. The number of hydrogen-bond donors (Lipinski definition) is 2. The second-order valence-corrected chi connectivity index (χ2v) is 6.15. The Morgan fingerprint density at radius 3 is 2.21 bits per heavy atom. The quantitative estimate of drug-likeness (QED) is 0.784. The monoisotopic (exact) mass is 252 g/mol. The summed E-state index contributed by atoms with van der Waals surface area (Å²) in [6.07, 6.45) is 4.44. The molecule has 4 rings (SSSR count). The third kappa shape index (κ3) is 1.78. The number of nitrogens with one attached hydrogen (secondary N) is 2. The molecule has 0 amide bonds. The van der Waals surface area contributed by atoms with Crippen molar-refractivity contribution < 1.29 is 0 Å². The van der Waals surface area contributed by atoms with Crippen LogP contribution in [-0.2, 0) is 0 Å². The Labute approximate surface area is 114 Å². The molecule has 2 heteroatoms. The molecule has 0 radical (unpaired) electrons. The van der Waals surface area contributed by atoms with Crippen LogP contribution in [0.3, 0.4) is 0 Å². The van der Waals surface area contributed by atoms with Crippen LogP contribution in [0, 0.1) is 11.8 Å². The van der Waals surface area contributed by atoms with Crippen molar-refractivity contribution in [3.8, 4) is 0 Å². The predicted molar refractivity (Wildman–Crippen MR) is 81.5 cm³/mol. The molecule has 2 aromatic rings. The van der Waals surface area contributed by atoms with E-state index in [1.807, 2.05) is 0 Å². The van der Waals surface area contributed by atoms with Gasteiger partial charge in [0, 0.05) is 16.8 Å². The first-order valence-electron chi connectivity index (χ1n) is 7.36. The third-order valence-corrected chi connectivity index (χ3v) is 4.73. The van der Waals surface area contributed by atoms with Gasteiger partial charge in [0.25, 0.3) is 0 Å². The number of anilines is 2. The Morgan fingerprint density at radius 2 is 1.63 bits per heavy atom. The van der Waals surface area contributed by atoms with Crippen molar-refractivity contribution >= 4 is 22.1 Å². The molecule has 19 heavy (non-hydrogen) atoms. The molecule has 1 aliphatic heterocycles. The summed E-state index contributed by atoms with van der Waals surface area (Å²) in [5.74, 6) is 1.63. The summed E-state index contributed by atoms with van der Waals surface area (Å²) in [6.45, 7) is 2.37. The summed E-state index contributed by atoms with van der Waals surface area (Å²) < 4.78 is 0. The van der Waals surface area contributed by atoms with E-state index in [1.54, 1.807) is 0 Å². The molecular weight excluding hydrogens is 232 g/mol. The highest BCUT2D eigenvalue weighted by Gasteiger charge is 2.31. The lowest BCUT2D eigenvalue weighted by Crippen LogP contribution is -2.37. The van der Waals surface area contributed by atoms with Crippen LogP contribution in [0.15, 0.2) is 36.4 Å². The topological polar surface area (TPSA) is 24.1 Å². The van der Waals surface area contributed by atoms with Crippen molar-refractivity contribution in [1.29, 1.82) is 0 Å². The molecule has 2 aliphatic rings. The molecule has 1 aliphatic carbocycles. The fraction of sp³-hybridized carbons (Fsp3) is 0.412. The van der Waals surface area contributed by atoms with Gasteiger partial charge >= 0.3 is 0 Å². The van der Waals surface area contributed by atoms with Crippen LogP contribution in [0.2, 0.25) is 0 Å². The second kappa shape index (κ2) is 4.16. The van der Waals surface area contributed by atoms with Crippen molar-refractivity contribution in [1.82, 2.24) is 0 Å². The van der Waals surface area contributed by atoms with Crippen LogP contribution in [0.25, 0.3) is 10.8 Å². The average molecular weight is 252 g/mol. The smallest absolute Gasteiger partial charge is 0.0993 e. The minimum absolute atomic E-state index is 0.394. The molecule has 2 N–H and O–H groups in total. The summed E-state index contributed by atoms with van der Waals surface area (Å²) >= 11 is 0. The maximum Gasteiger partial charge on any atom is 0.0993 e. The van der Waals surface area contributed by atoms with E-state index in [4.69, 9.17) is 0 Å². The molecule has 2 nitrogen and oxygen atoms in total. The Bertz CT molecular complexity index is 579. The zero-order chi connectivity index (χ0) is 12.8. The highest BCUT2D eigenvalue weighted by atomic mass is 15.2. The summed E-state index contributed by atoms with van der Waals surface area (Å²) in [5.41, 5.74) is 2.58. The van der Waals surface area contributed by atoms with Crippen LogP contribution in [0.1, 0.15) is 26.2 Å². The Kier molecular flexibility index (Phi) is 2.44. The molecular formula is C17H20N2. The molecule has 1 heterocycles. The normalized spacial score (nSPS) is 26.2. The molecule has 1 fully saturated rings. The summed E-state index contributed by atoms with van der Waals surface area (Å²) in [5, 5.41) is 10.1. The summed E-state index contributed by atoms with van der Waals surface area (Å²) in [7, 11) is 0. The first kappa shape index (κ1) is 11.2. The van der Waals surface area contributed by atoms with Gasteiger partial charge in [0.1, 0.15) is 0 Å². The van der Waals surface area contributed by atoms with Gasteiger partial charge in [-0.2, -0.15) is 0 Å². The lowest BCUT2D eigenvalue weighted by atomic mass is 9.97. The maximum atomic E-state index is 3.71. The average Bonchev–Trinajstić information content (AvgIpc) is 2.86. The van der Waals surface area contributed by atoms with Gasteiger partial charge in [0.05, 0.1) is 6.17 Å². The van der Waals surface area contributed by atoms with Crippen LogP contribution in [-0.4, -0.2) is 6.17 Å². The van der Waals surface area contributed by atoms with Gasteiger partial charge in [-0.15, -0.1) is 0 Å². The van der Waals surface area contributed by atoms with Crippen LogP contribution in [0.4, 0.5) is 11.4 Å². The third-order valence-electron chi connectivity index (χ3n) is 4.73. The van der Waals surface area contributed by atoms with E-state index in [-0.39, 0.29) is 0 Å². The fourth-order valence-electron chi connectivity index (χ4n) is 3.74. The van der Waals surface area contributed by atoms with Gasteiger partial charge in [0.2, 0.25) is 0 Å². The zero-order valence-electron chi connectivity index (χ0n) is 11.3. The predicted octanol–water partition coefficient (Wildman–Crippen LogP) is 4.44. The molecule has 1 saturated carbocycles. The molecule has 2 aromatic carbocycles. The highest BCUT2D eigenvalue weighted by molar-refractivity contribution is 6.04. The van der Waals surface area contributed by atoms with Gasteiger partial charge in [-0.3, -0.25) is 0 Å². The van der Waals surface area contributed by atoms with Gasteiger partial charge in [-0.25, -0.2) is 0 Å². The standard InChI is InChI=1S/C17H20N2/c1-11-8-9-13(10-11)17-18-14-6-2-4-12-5-3-7-15(19-17)16(12)14/h2-7,11,13,17-19H,8-10H2,1H3. The van der Waals surface area contributed by atoms with E-state index >= 15 is 0 Å². The van der Waals surface area contributed by atoms with Crippen molar-refractivity contribution in [3.63, 3.8) is 0 Å². The molecule has 98 valence electrons. The van der Waals surface area contributed by atoms with Crippen molar-refractivity contribution in [2.24, 2.45) is 11.8 Å². The summed E-state index contributed by atoms with van der Waals surface area (Å²) in [6, 6.07) is 13.1. The second-order valence-electron chi connectivity index (χ2n) is 6.15. The minimum Gasteiger partial charge on any atom is -0.365 e. The lowest BCUT2D eigenvalue weighted by molar-refractivity contribution is 0.468. The van der Waals surface area contributed by atoms with E-state index in [1.165, 1.54) is 41.4 Å². The number of hydrogen-bond acceptors (Lipinski definition) is 2. The van der Waals surface area contributed by atoms with Crippen molar-refractivity contribution in [3.05, 3.63) is 36.4 Å². The number of rotatable bonds is 1. The minimum atomic E-state index is 0.394. The fourth-order valence-corrected chi connectivity index (χ4v) is 3.74. The van der Waals surface area contributed by atoms with Gasteiger partial charge in [0.15, 0.2) is 0 Å². The maximum absolute atomic E-state index is 3.71. The SMILES string of the molecule is CC1CCC(C2Nc3cccc4cccc(c34)N2)C1. The van der Waals surface area contributed by atoms with E-state index in [0.717, 1.165) is 11.8 Å². The highest BCUT2D eigenvalue weighted by Crippen LogP contribution is 2.40. The molecule has 0 spiro atoms. The molecule has 0 aromatic heterocycles. The van der Waals surface area contributed by atoms with Gasteiger partial charge in [-0.05, 0) is 42.2 Å². The van der Waals surface area contributed by atoms with Crippen LogP contribution in [0.5, 0.6) is 0 Å². The Balaban J connectivity index is 1.73. The first-order valence-corrected chi connectivity index (χ1v) is 7.36. The van der Waals surface area contributed by atoms with E-state index < -0.39 is 0 Å². The van der Waals surface area contributed by atoms with Gasteiger partial charge in [-0.1, -0.05) is 37.6 Å². The van der Waals surface area contributed by atoms with Crippen LogP contribution < -0.4 is 10.6 Å². The zero-order valence-corrected chi connectivity index (χ0v) is 11.3. The van der Waals surface area contributed by atoms with Crippen molar-refractivity contribution in [2.45, 2.75) is 32.4 Å². The van der Waals surface area contributed by atoms with E-state index in [2.05, 4.69) is 54.0 Å². The Morgan fingerprint density at radius 1 is 0.947 bits per heavy atom. The molecule has 2 unspecified atom stereocenters. The number of benzene rings is 2. The first-order chi connectivity index (χ1) is 9.31. The molecule has 2 atom stereocenters. The van der Waals surface area contributed by atoms with Crippen molar-refractivity contribution in [2.75, 3.05) is 10.6 Å². The Hall–Kier alpha value is -1.70. The summed E-state index contributed by atoms with van der Waals surface area (Å²) in [4.78, 5) is 0. The molecule has 0 bridgehead atoms. The van der Waals surface area contributed by atoms with Gasteiger partial charge < -0.3 is 10.6 Å². The van der Waals surface area contributed by atoms with E-state index in [0.29, 0.717) is 6.17 Å². The van der Waals surface area contributed by atoms with Crippen LogP contribution >= 0.6 is 0 Å². The van der Waals surface area contributed by atoms with E-state index in [9.17, 15) is 0 Å². The largest absolute Gasteiger partial charge is 0.365 e.